The van der Waals surface area contributed by atoms with Crippen LogP contribution in [0.15, 0.2) is 59.1 Å². The molecule has 0 atom stereocenters. The minimum atomic E-state index is -0.299. The summed E-state index contributed by atoms with van der Waals surface area (Å²) < 4.78 is 24.3. The third-order valence-electron chi connectivity index (χ3n) is 4.84. The van der Waals surface area contributed by atoms with Gasteiger partial charge < -0.3 is 14.2 Å². The molecule has 0 bridgehead atoms. The lowest BCUT2D eigenvalue weighted by molar-refractivity contribution is -0.132. The van der Waals surface area contributed by atoms with Crippen LogP contribution in [0.2, 0.25) is 0 Å². The number of aromatic nitrogens is 1. The van der Waals surface area contributed by atoms with Crippen molar-refractivity contribution < 1.29 is 18.4 Å². The van der Waals surface area contributed by atoms with Crippen LogP contribution in [0.5, 0.6) is 5.75 Å². The molecule has 0 aliphatic carbocycles. The summed E-state index contributed by atoms with van der Waals surface area (Å²) in [6.45, 7) is 1.59. The Morgan fingerprint density at radius 3 is 2.71 bits per heavy atom. The number of hydrogen-bond acceptors (Lipinski definition) is 4. The summed E-state index contributed by atoms with van der Waals surface area (Å²) in [4.78, 5) is 14.4. The van der Waals surface area contributed by atoms with Crippen molar-refractivity contribution in [2.24, 2.45) is 0 Å². The summed E-state index contributed by atoms with van der Waals surface area (Å²) in [5.74, 6) is 1.21. The highest BCUT2D eigenvalue weighted by molar-refractivity contribution is 5.77. The van der Waals surface area contributed by atoms with Crippen LogP contribution < -0.4 is 4.74 Å². The predicted molar refractivity (Wildman–Crippen MR) is 102 cm³/mol. The molecule has 6 heteroatoms. The standard InChI is InChI=1S/C22H21FN2O3/c23-17-10-8-16(9-11-17)22-19-15-25(13-12-20(19)24-28-22)21(26)7-4-14-27-18-5-2-1-3-6-18/h1-3,5-6,8-11H,4,7,12-15H2. The number of fused-ring (bicyclic) bond motifs is 1. The SMILES string of the molecule is O=C(CCCOc1ccccc1)N1CCc2noc(-c3ccc(F)cc3)c2C1. The molecule has 1 amide bonds. The molecule has 0 radical (unpaired) electrons. The molecular weight excluding hydrogens is 359 g/mol. The van der Waals surface area contributed by atoms with Crippen LogP contribution in [0.4, 0.5) is 4.39 Å². The third-order valence-corrected chi connectivity index (χ3v) is 4.84. The molecule has 0 fully saturated rings. The Hall–Kier alpha value is -3.15. The van der Waals surface area contributed by atoms with Crippen LogP contribution in [0, 0.1) is 5.82 Å². The fourth-order valence-electron chi connectivity index (χ4n) is 3.34. The van der Waals surface area contributed by atoms with Gasteiger partial charge in [0.05, 0.1) is 18.8 Å². The van der Waals surface area contributed by atoms with Crippen molar-refractivity contribution in [1.82, 2.24) is 10.1 Å². The number of ether oxygens (including phenoxy) is 1. The number of benzene rings is 2. The summed E-state index contributed by atoms with van der Waals surface area (Å²) in [6.07, 6.45) is 1.75. The molecule has 2 heterocycles. The molecule has 28 heavy (non-hydrogen) atoms. The first-order chi connectivity index (χ1) is 13.7. The second-order valence-electron chi connectivity index (χ2n) is 6.77. The molecule has 0 saturated heterocycles. The molecular formula is C22H21FN2O3. The zero-order valence-corrected chi connectivity index (χ0v) is 15.4. The van der Waals surface area contributed by atoms with Gasteiger partial charge >= 0.3 is 0 Å². The lowest BCUT2D eigenvalue weighted by Gasteiger charge is -2.26. The number of hydrogen-bond donors (Lipinski definition) is 0. The Morgan fingerprint density at radius 1 is 1.14 bits per heavy atom. The predicted octanol–water partition coefficient (Wildman–Crippen LogP) is 4.22. The van der Waals surface area contributed by atoms with E-state index >= 15 is 0 Å². The van der Waals surface area contributed by atoms with Crippen molar-refractivity contribution >= 4 is 5.91 Å². The zero-order valence-electron chi connectivity index (χ0n) is 15.4. The van der Waals surface area contributed by atoms with E-state index in [1.807, 2.05) is 35.2 Å². The van der Waals surface area contributed by atoms with Gasteiger partial charge in [-0.1, -0.05) is 23.4 Å². The molecule has 2 aromatic carbocycles. The lowest BCUT2D eigenvalue weighted by atomic mass is 10.0. The van der Waals surface area contributed by atoms with Gasteiger partial charge in [-0.15, -0.1) is 0 Å². The van der Waals surface area contributed by atoms with Gasteiger partial charge in [-0.25, -0.2) is 4.39 Å². The molecule has 1 aromatic heterocycles. The van der Waals surface area contributed by atoms with Gasteiger partial charge in [0.2, 0.25) is 5.91 Å². The van der Waals surface area contributed by atoms with Gasteiger partial charge in [-0.2, -0.15) is 0 Å². The number of amides is 1. The molecule has 4 rings (SSSR count). The molecule has 0 spiro atoms. The van der Waals surface area contributed by atoms with Gasteiger partial charge in [-0.05, 0) is 42.8 Å². The number of halogens is 1. The van der Waals surface area contributed by atoms with Crippen LogP contribution >= 0.6 is 0 Å². The smallest absolute Gasteiger partial charge is 0.223 e. The normalized spacial score (nSPS) is 13.2. The molecule has 3 aromatic rings. The van der Waals surface area contributed by atoms with Crippen molar-refractivity contribution in [3.8, 4) is 17.1 Å². The number of carbonyl (C=O) groups is 1. The molecule has 0 N–H and O–H groups in total. The highest BCUT2D eigenvalue weighted by Crippen LogP contribution is 2.30. The maximum Gasteiger partial charge on any atom is 0.223 e. The van der Waals surface area contributed by atoms with Crippen LogP contribution in [0.1, 0.15) is 24.1 Å². The van der Waals surface area contributed by atoms with Crippen molar-refractivity contribution in [2.75, 3.05) is 13.2 Å². The van der Waals surface area contributed by atoms with Gasteiger partial charge in [0.25, 0.3) is 0 Å². The number of nitrogens with zero attached hydrogens (tertiary/aromatic N) is 2. The monoisotopic (exact) mass is 380 g/mol. The van der Waals surface area contributed by atoms with Gasteiger partial charge in [0.1, 0.15) is 11.6 Å². The minimum absolute atomic E-state index is 0.0913. The molecule has 1 aliphatic rings. The number of carbonyl (C=O) groups excluding carboxylic acids is 1. The Balaban J connectivity index is 1.35. The second kappa shape index (κ2) is 8.25. The average molecular weight is 380 g/mol. The first kappa shape index (κ1) is 18.2. The summed E-state index contributed by atoms with van der Waals surface area (Å²) in [6, 6.07) is 15.7. The second-order valence-corrected chi connectivity index (χ2v) is 6.77. The third kappa shape index (κ3) is 4.06. The van der Waals surface area contributed by atoms with E-state index in [-0.39, 0.29) is 11.7 Å². The van der Waals surface area contributed by atoms with Crippen LogP contribution in [0.25, 0.3) is 11.3 Å². The fourth-order valence-corrected chi connectivity index (χ4v) is 3.34. The van der Waals surface area contributed by atoms with Crippen molar-refractivity contribution in [3.63, 3.8) is 0 Å². The Morgan fingerprint density at radius 2 is 1.93 bits per heavy atom. The van der Waals surface area contributed by atoms with E-state index in [1.165, 1.54) is 12.1 Å². The van der Waals surface area contributed by atoms with E-state index in [0.29, 0.717) is 44.7 Å². The molecule has 0 saturated carbocycles. The number of rotatable bonds is 6. The molecule has 144 valence electrons. The van der Waals surface area contributed by atoms with E-state index in [9.17, 15) is 9.18 Å². The topological polar surface area (TPSA) is 55.6 Å². The first-order valence-corrected chi connectivity index (χ1v) is 9.39. The van der Waals surface area contributed by atoms with Crippen molar-refractivity contribution in [1.29, 1.82) is 0 Å². The van der Waals surface area contributed by atoms with Gasteiger partial charge in [0, 0.05) is 30.5 Å². The Labute approximate surface area is 162 Å². The molecule has 0 unspecified atom stereocenters. The maximum absolute atomic E-state index is 13.2. The van der Waals surface area contributed by atoms with Crippen LogP contribution in [-0.2, 0) is 17.8 Å². The number of para-hydroxylation sites is 1. The zero-order chi connectivity index (χ0) is 19.3. The van der Waals surface area contributed by atoms with Gasteiger partial charge in [-0.3, -0.25) is 4.79 Å². The highest BCUT2D eigenvalue weighted by Gasteiger charge is 2.27. The lowest BCUT2D eigenvalue weighted by Crippen LogP contribution is -2.36. The van der Waals surface area contributed by atoms with E-state index in [2.05, 4.69) is 5.16 Å². The van der Waals surface area contributed by atoms with E-state index in [0.717, 1.165) is 22.6 Å². The van der Waals surface area contributed by atoms with Crippen molar-refractivity contribution in [3.05, 3.63) is 71.7 Å². The molecule has 1 aliphatic heterocycles. The van der Waals surface area contributed by atoms with E-state index in [4.69, 9.17) is 9.26 Å². The average Bonchev–Trinajstić information content (AvgIpc) is 3.15. The summed E-state index contributed by atoms with van der Waals surface area (Å²) >= 11 is 0. The van der Waals surface area contributed by atoms with Crippen LogP contribution in [-0.4, -0.2) is 29.1 Å². The largest absolute Gasteiger partial charge is 0.494 e. The Kier molecular flexibility index (Phi) is 5.37. The maximum atomic E-state index is 13.2. The summed E-state index contributed by atoms with van der Waals surface area (Å²) in [7, 11) is 0. The van der Waals surface area contributed by atoms with Gasteiger partial charge in [0.15, 0.2) is 5.76 Å². The quantitative estimate of drug-likeness (QED) is 0.601. The van der Waals surface area contributed by atoms with E-state index < -0.39 is 0 Å². The molecule has 5 nitrogen and oxygen atoms in total. The van der Waals surface area contributed by atoms with Crippen LogP contribution in [0.3, 0.4) is 0 Å². The Bertz CT molecular complexity index is 938. The van der Waals surface area contributed by atoms with E-state index in [1.54, 1.807) is 12.1 Å². The highest BCUT2D eigenvalue weighted by atomic mass is 19.1. The first-order valence-electron chi connectivity index (χ1n) is 9.39. The minimum Gasteiger partial charge on any atom is -0.494 e. The fraction of sp³-hybridized carbons (Fsp3) is 0.273. The summed E-state index contributed by atoms with van der Waals surface area (Å²) in [5, 5.41) is 4.13. The van der Waals surface area contributed by atoms with Crippen molar-refractivity contribution in [2.45, 2.75) is 25.8 Å². The summed E-state index contributed by atoms with van der Waals surface area (Å²) in [5.41, 5.74) is 2.54.